The van der Waals surface area contributed by atoms with Gasteiger partial charge in [-0.05, 0) is 13.8 Å². The van der Waals surface area contributed by atoms with Crippen LogP contribution in [0.2, 0.25) is 0 Å². The summed E-state index contributed by atoms with van der Waals surface area (Å²) in [4.78, 5) is 3.20. The highest BCUT2D eigenvalue weighted by molar-refractivity contribution is 4.75. The van der Waals surface area contributed by atoms with Crippen molar-refractivity contribution in [3.05, 3.63) is 18.2 Å². The number of aromatic nitrogens is 2. The number of aromatic amines is 1. The van der Waals surface area contributed by atoms with Gasteiger partial charge in [-0.25, -0.2) is 9.55 Å². The van der Waals surface area contributed by atoms with Crippen molar-refractivity contribution in [3.8, 4) is 0 Å². The van der Waals surface area contributed by atoms with Gasteiger partial charge >= 0.3 is 0 Å². The summed E-state index contributed by atoms with van der Waals surface area (Å²) in [5.74, 6) is 1.30. The largest absolute Gasteiger partial charge is 1.00 e. The summed E-state index contributed by atoms with van der Waals surface area (Å²) in [7, 11) is 0. The molecule has 0 fully saturated rings. The lowest BCUT2D eigenvalue weighted by molar-refractivity contribution is -0.721. The van der Waals surface area contributed by atoms with Crippen molar-refractivity contribution in [2.75, 3.05) is 0 Å². The highest BCUT2D eigenvalue weighted by Gasteiger charge is 2.09. The summed E-state index contributed by atoms with van der Waals surface area (Å²) in [6.45, 7) is 6.53. The number of hydrogen-bond acceptors (Lipinski definition) is 0. The zero-order valence-corrected chi connectivity index (χ0v) is 9.42. The maximum Gasteiger partial charge on any atom is 0.254 e. The van der Waals surface area contributed by atoms with Gasteiger partial charge in [0.25, 0.3) is 5.82 Å². The van der Waals surface area contributed by atoms with Gasteiger partial charge in [-0.2, -0.15) is 0 Å². The molecule has 0 bridgehead atoms. The first-order chi connectivity index (χ1) is 4.75. The van der Waals surface area contributed by atoms with E-state index < -0.39 is 0 Å². The van der Waals surface area contributed by atoms with Gasteiger partial charge < -0.3 is 24.0 Å². The fourth-order valence-electron chi connectivity index (χ4n) is 1.15. The van der Waals surface area contributed by atoms with Crippen LogP contribution in [0.15, 0.2) is 12.4 Å². The second-order valence-electron chi connectivity index (χ2n) is 2.76. The second-order valence-corrected chi connectivity index (χ2v) is 2.76. The molecular weight excluding hydrogens is 251 g/mol. The quantitative estimate of drug-likeness (QED) is 0.494. The van der Waals surface area contributed by atoms with Crippen molar-refractivity contribution in [2.24, 2.45) is 0 Å². The summed E-state index contributed by atoms with van der Waals surface area (Å²) < 4.78 is 2.25. The Labute approximate surface area is 85.0 Å². The fourth-order valence-corrected chi connectivity index (χ4v) is 1.15. The van der Waals surface area contributed by atoms with E-state index in [4.69, 9.17) is 0 Å². The first-order valence-corrected chi connectivity index (χ1v) is 3.83. The van der Waals surface area contributed by atoms with Gasteiger partial charge in [0.05, 0.1) is 6.04 Å². The SMILES string of the molecule is CCc1[nH]cc[n+]1C(C)C.[I-]. The van der Waals surface area contributed by atoms with E-state index in [0.29, 0.717) is 6.04 Å². The number of rotatable bonds is 2. The predicted octanol–water partition coefficient (Wildman–Crippen LogP) is -1.55. The number of nitrogens with zero attached hydrogens (tertiary/aromatic N) is 1. The predicted molar refractivity (Wildman–Crippen MR) is 40.8 cm³/mol. The Balaban J connectivity index is 0.000001000. The van der Waals surface area contributed by atoms with Crippen LogP contribution in [0.1, 0.15) is 32.6 Å². The minimum Gasteiger partial charge on any atom is -1.00 e. The number of aryl methyl sites for hydroxylation is 1. The molecule has 0 aromatic carbocycles. The number of halogens is 1. The summed E-state index contributed by atoms with van der Waals surface area (Å²) >= 11 is 0. The lowest BCUT2D eigenvalue weighted by Gasteiger charge is -2.00. The van der Waals surface area contributed by atoms with Crippen LogP contribution >= 0.6 is 0 Å². The topological polar surface area (TPSA) is 19.7 Å². The summed E-state index contributed by atoms with van der Waals surface area (Å²) in [5, 5.41) is 0. The van der Waals surface area contributed by atoms with Crippen molar-refractivity contribution in [1.82, 2.24) is 4.98 Å². The minimum absolute atomic E-state index is 0. The van der Waals surface area contributed by atoms with Gasteiger partial charge in [0.1, 0.15) is 12.4 Å². The first-order valence-electron chi connectivity index (χ1n) is 3.83. The molecule has 0 saturated heterocycles. The Morgan fingerprint density at radius 3 is 2.55 bits per heavy atom. The molecule has 1 rings (SSSR count). The monoisotopic (exact) mass is 266 g/mol. The molecular formula is C8H15IN2. The highest BCUT2D eigenvalue weighted by Crippen LogP contribution is 1.95. The number of imidazole rings is 1. The Bertz CT molecular complexity index is 206. The van der Waals surface area contributed by atoms with E-state index in [9.17, 15) is 0 Å². The van der Waals surface area contributed by atoms with Gasteiger partial charge in [-0.15, -0.1) is 0 Å². The van der Waals surface area contributed by atoms with Crippen LogP contribution < -0.4 is 28.5 Å². The third-order valence-corrected chi connectivity index (χ3v) is 1.69. The number of H-pyrrole nitrogens is 1. The van der Waals surface area contributed by atoms with E-state index in [1.165, 1.54) is 5.82 Å². The van der Waals surface area contributed by atoms with Crippen LogP contribution in [0.25, 0.3) is 0 Å². The third kappa shape index (κ3) is 2.47. The van der Waals surface area contributed by atoms with E-state index in [1.807, 2.05) is 6.20 Å². The smallest absolute Gasteiger partial charge is 0.254 e. The molecule has 2 nitrogen and oxygen atoms in total. The van der Waals surface area contributed by atoms with Crippen molar-refractivity contribution in [3.63, 3.8) is 0 Å². The molecule has 11 heavy (non-hydrogen) atoms. The molecule has 0 aliphatic rings. The molecule has 3 heteroatoms. The fraction of sp³-hybridized carbons (Fsp3) is 0.625. The lowest BCUT2D eigenvalue weighted by Crippen LogP contribution is -3.00. The lowest BCUT2D eigenvalue weighted by atomic mass is 10.3. The zero-order chi connectivity index (χ0) is 7.56. The van der Waals surface area contributed by atoms with E-state index in [2.05, 4.69) is 36.5 Å². The molecule has 1 aromatic heterocycles. The molecule has 64 valence electrons. The summed E-state index contributed by atoms with van der Waals surface area (Å²) in [6, 6.07) is 0.571. The average Bonchev–Trinajstić information content (AvgIpc) is 2.33. The molecule has 1 aromatic rings. The third-order valence-electron chi connectivity index (χ3n) is 1.69. The maximum atomic E-state index is 3.20. The van der Waals surface area contributed by atoms with Crippen molar-refractivity contribution >= 4 is 0 Å². The second kappa shape index (κ2) is 4.74. The van der Waals surface area contributed by atoms with Gasteiger partial charge in [0.2, 0.25) is 0 Å². The minimum atomic E-state index is 0. The molecule has 0 aliphatic heterocycles. The Hall–Kier alpha value is -0.0600. The number of hydrogen-bond donors (Lipinski definition) is 1. The van der Waals surface area contributed by atoms with Crippen LogP contribution in [0, 0.1) is 0 Å². The Kier molecular flexibility index (Phi) is 4.72. The average molecular weight is 266 g/mol. The van der Waals surface area contributed by atoms with E-state index >= 15 is 0 Å². The van der Waals surface area contributed by atoms with E-state index in [0.717, 1.165) is 6.42 Å². The molecule has 1 heterocycles. The van der Waals surface area contributed by atoms with E-state index in [1.54, 1.807) is 0 Å². The maximum absolute atomic E-state index is 3.20. The van der Waals surface area contributed by atoms with Crippen LogP contribution in [0.3, 0.4) is 0 Å². The molecule has 0 atom stereocenters. The van der Waals surface area contributed by atoms with Crippen LogP contribution in [-0.2, 0) is 6.42 Å². The molecule has 1 N–H and O–H groups in total. The molecule has 0 amide bonds. The van der Waals surface area contributed by atoms with Crippen LogP contribution in [-0.4, -0.2) is 4.98 Å². The van der Waals surface area contributed by atoms with Crippen molar-refractivity contribution in [2.45, 2.75) is 33.2 Å². The first kappa shape index (κ1) is 10.9. The summed E-state index contributed by atoms with van der Waals surface area (Å²) in [6.07, 6.45) is 5.15. The molecule has 0 saturated carbocycles. The zero-order valence-electron chi connectivity index (χ0n) is 7.26. The standard InChI is InChI=1S/C8H14N2.HI/c1-4-8-9-5-6-10(8)7(2)3;/h5-7H,4H2,1-3H3;1H. The van der Waals surface area contributed by atoms with Gasteiger partial charge in [-0.1, -0.05) is 6.92 Å². The molecule has 0 radical (unpaired) electrons. The molecule has 0 spiro atoms. The number of nitrogens with one attached hydrogen (secondary N) is 1. The van der Waals surface area contributed by atoms with Crippen LogP contribution in [0.5, 0.6) is 0 Å². The van der Waals surface area contributed by atoms with Crippen molar-refractivity contribution < 1.29 is 28.5 Å². The molecule has 0 unspecified atom stereocenters. The Morgan fingerprint density at radius 2 is 2.18 bits per heavy atom. The van der Waals surface area contributed by atoms with Gasteiger partial charge in [0, 0.05) is 6.42 Å². The van der Waals surface area contributed by atoms with Crippen molar-refractivity contribution in [1.29, 1.82) is 0 Å². The normalized spacial score (nSPS) is 9.82. The van der Waals surface area contributed by atoms with Crippen LogP contribution in [0.4, 0.5) is 0 Å². The summed E-state index contributed by atoms with van der Waals surface area (Å²) in [5.41, 5.74) is 0. The highest BCUT2D eigenvalue weighted by atomic mass is 127. The van der Waals surface area contributed by atoms with Gasteiger partial charge in [0.15, 0.2) is 0 Å². The Morgan fingerprint density at radius 1 is 1.55 bits per heavy atom. The molecule has 0 aliphatic carbocycles. The van der Waals surface area contributed by atoms with E-state index in [-0.39, 0.29) is 24.0 Å². The van der Waals surface area contributed by atoms with Gasteiger partial charge in [-0.3, -0.25) is 0 Å².